The molecule has 0 bridgehead atoms. The van der Waals surface area contributed by atoms with Crippen LogP contribution >= 0.6 is 0 Å². The molecule has 4 aromatic rings. The summed E-state index contributed by atoms with van der Waals surface area (Å²) in [6.07, 6.45) is 6.46. The minimum Gasteiger partial charge on any atom is -0.481 e. The van der Waals surface area contributed by atoms with Gasteiger partial charge in [0, 0.05) is 49.2 Å². The van der Waals surface area contributed by atoms with Crippen LogP contribution < -0.4 is 30.7 Å². The number of unbranched alkanes of at least 4 members (excludes halogenated alkanes) is 2. The molecule has 16 nitrogen and oxygen atoms in total. The van der Waals surface area contributed by atoms with Crippen LogP contribution in [0.25, 0.3) is 0 Å². The van der Waals surface area contributed by atoms with Gasteiger partial charge in [0.05, 0.1) is 32.2 Å². The normalized spacial score (nSPS) is 15.2. The van der Waals surface area contributed by atoms with Crippen LogP contribution in [0.5, 0.6) is 12.0 Å². The molecule has 1 saturated heterocycles. The van der Waals surface area contributed by atoms with E-state index >= 15 is 0 Å². The van der Waals surface area contributed by atoms with Crippen molar-refractivity contribution in [3.05, 3.63) is 81.9 Å². The maximum Gasteiger partial charge on any atom is 0.320 e. The summed E-state index contributed by atoms with van der Waals surface area (Å²) in [6.45, 7) is 9.04. The molecule has 0 amide bonds. The average molecular weight is 838 g/mol. The van der Waals surface area contributed by atoms with E-state index in [1.54, 1.807) is 12.1 Å². The number of piperidine rings is 1. The maximum atomic E-state index is 12.4. The van der Waals surface area contributed by atoms with Crippen LogP contribution in [0.15, 0.2) is 48.5 Å². The number of likely N-dealkylation sites (tertiary alicyclic amines) is 1. The smallest absolute Gasteiger partial charge is 0.320 e. The first-order chi connectivity index (χ1) is 29.0. The number of carboxylic acid groups (broad SMARTS) is 1. The Hall–Kier alpha value is -6.16. The van der Waals surface area contributed by atoms with Gasteiger partial charge in [0.1, 0.15) is 29.6 Å². The van der Waals surface area contributed by atoms with Gasteiger partial charge in [-0.2, -0.15) is 19.9 Å². The maximum absolute atomic E-state index is 12.4. The lowest BCUT2D eigenvalue weighted by Crippen LogP contribution is -2.37. The number of nitrogens with zero attached hydrogens (tertiary/aromatic N) is 7. The fourth-order valence-electron chi connectivity index (χ4n) is 7.51. The van der Waals surface area contributed by atoms with Crippen LogP contribution in [0.3, 0.4) is 0 Å². The van der Waals surface area contributed by atoms with Crippen molar-refractivity contribution in [3.8, 4) is 12.0 Å². The van der Waals surface area contributed by atoms with Crippen LogP contribution in [0.2, 0.25) is 0 Å². The molecule has 3 aliphatic heterocycles. The highest BCUT2D eigenvalue weighted by Crippen LogP contribution is 2.32. The second-order valence-corrected chi connectivity index (χ2v) is 15.5. The van der Waals surface area contributed by atoms with Crippen molar-refractivity contribution in [3.63, 3.8) is 0 Å². The fourth-order valence-corrected chi connectivity index (χ4v) is 7.51. The molecule has 7 rings (SSSR count). The summed E-state index contributed by atoms with van der Waals surface area (Å²) in [4.78, 5) is 70.4. The van der Waals surface area contributed by atoms with E-state index in [1.807, 2.05) is 34.1 Å². The number of nitrogens with two attached hydrogens (primary N) is 2. The summed E-state index contributed by atoms with van der Waals surface area (Å²) in [5.74, 6) is 1.08. The summed E-state index contributed by atoms with van der Waals surface area (Å²) in [7, 11) is 0. The number of nitrogen functional groups attached to an aromatic ring is 2. The van der Waals surface area contributed by atoms with Crippen molar-refractivity contribution in [2.75, 3.05) is 60.7 Å². The number of rotatable bonds is 16. The van der Waals surface area contributed by atoms with Gasteiger partial charge in [-0.25, -0.2) is 0 Å². The first kappa shape index (κ1) is 45.9. The van der Waals surface area contributed by atoms with E-state index in [0.717, 1.165) is 62.7 Å². The molecular weight excluding hydrogens is 779 g/mol. The van der Waals surface area contributed by atoms with Crippen molar-refractivity contribution >= 4 is 47.1 Å². The number of anilines is 4. The van der Waals surface area contributed by atoms with Crippen LogP contribution in [0.4, 0.5) is 23.3 Å². The molecule has 0 spiro atoms. The Bertz CT molecular complexity index is 2160. The number of aldehydes is 1. The zero-order valence-corrected chi connectivity index (χ0v) is 34.5. The number of aliphatic carboxylic acids is 1. The van der Waals surface area contributed by atoms with E-state index in [2.05, 4.69) is 50.8 Å². The van der Waals surface area contributed by atoms with E-state index in [9.17, 15) is 24.3 Å². The molecule has 16 heteroatoms. The van der Waals surface area contributed by atoms with Gasteiger partial charge in [-0.3, -0.25) is 24.1 Å². The number of aromatic nitrogens is 4. The Morgan fingerprint density at radius 1 is 0.754 bits per heavy atom. The lowest BCUT2D eigenvalue weighted by Gasteiger charge is -2.31. The standard InChI is InChI=1S/C25H33N5O4.C19H22N4O3.CH4/c1-2-3-11-34-25-27-22(26)21-13-20(31)16-30(23(21)28-25)15-18-6-4-5-17(12-18)14-29-9-7-19(8-10-29)24(32)33;1-2-3-7-26-19-21-17(20)16-9-15(25)11-23(18(16)22-19)10-13-5-4-6-14(8-13)12-24;/h4-6,12,19H,2-3,7-11,13-16H2,1H3,(H,32,33)(H2,26,27,28);4-6,8,12H,2-3,7,9-11H2,1H3,(H2,20,21,22);1H4. The monoisotopic (exact) mass is 837 g/mol. The number of hydrogen-bond donors (Lipinski definition) is 3. The second kappa shape index (κ2) is 21.9. The van der Waals surface area contributed by atoms with Crippen molar-refractivity contribution < 1.29 is 33.8 Å². The van der Waals surface area contributed by atoms with E-state index in [0.29, 0.717) is 73.3 Å². The van der Waals surface area contributed by atoms with E-state index in [-0.39, 0.29) is 68.7 Å². The first-order valence-electron chi connectivity index (χ1n) is 20.7. The average Bonchev–Trinajstić information content (AvgIpc) is 3.22. The first-order valence-corrected chi connectivity index (χ1v) is 20.7. The Morgan fingerprint density at radius 2 is 1.23 bits per heavy atom. The number of carbonyl (C=O) groups excluding carboxylic acids is 3. The topological polar surface area (TPSA) is 220 Å². The number of benzene rings is 2. The number of Topliss-reactive ketones (excluding diaryl/α,β-unsaturated/α-hetero) is 2. The van der Waals surface area contributed by atoms with Gasteiger partial charge >= 0.3 is 18.0 Å². The van der Waals surface area contributed by atoms with Gasteiger partial charge in [0.15, 0.2) is 11.6 Å². The van der Waals surface area contributed by atoms with Crippen molar-refractivity contribution in [1.29, 1.82) is 0 Å². The fraction of sp³-hybridized carbons (Fsp3) is 0.467. The number of ether oxygens (including phenoxy) is 2. The highest BCUT2D eigenvalue weighted by atomic mass is 16.5. The summed E-state index contributed by atoms with van der Waals surface area (Å²) in [5, 5.41) is 9.21. The molecule has 5 heterocycles. The Balaban J connectivity index is 0.000000235. The molecule has 5 N–H and O–H groups in total. The number of fused-ring (bicyclic) bond motifs is 2. The minimum absolute atomic E-state index is 0. The van der Waals surface area contributed by atoms with Crippen molar-refractivity contribution in [2.24, 2.45) is 5.92 Å². The molecule has 61 heavy (non-hydrogen) atoms. The molecule has 0 saturated carbocycles. The summed E-state index contributed by atoms with van der Waals surface area (Å²) >= 11 is 0. The third kappa shape index (κ3) is 12.4. The largest absolute Gasteiger partial charge is 0.481 e. The van der Waals surface area contributed by atoms with Gasteiger partial charge < -0.3 is 35.8 Å². The molecule has 0 aliphatic carbocycles. The van der Waals surface area contributed by atoms with E-state index in [4.69, 9.17) is 20.9 Å². The summed E-state index contributed by atoms with van der Waals surface area (Å²) in [5.41, 5.74) is 17.3. The molecular formula is C45H59N9O7. The highest BCUT2D eigenvalue weighted by Gasteiger charge is 2.30. The number of carbonyl (C=O) groups is 4. The van der Waals surface area contributed by atoms with Crippen LogP contribution in [0.1, 0.15) is 98.0 Å². The van der Waals surface area contributed by atoms with Gasteiger partial charge in [0.2, 0.25) is 0 Å². The molecule has 0 atom stereocenters. The zero-order chi connectivity index (χ0) is 42.6. The summed E-state index contributed by atoms with van der Waals surface area (Å²) in [6, 6.07) is 16.1. The SMILES string of the molecule is C.CCCCOc1nc(N)c2c(n1)N(Cc1cccc(C=O)c1)CC(=O)C2.CCCCOc1nc(N)c2c(n1)N(Cc1cccc(CN3CCC(C(=O)O)CC3)c1)CC(=O)C2. The van der Waals surface area contributed by atoms with Crippen LogP contribution in [0, 0.1) is 5.92 Å². The van der Waals surface area contributed by atoms with E-state index in [1.165, 1.54) is 5.56 Å². The van der Waals surface area contributed by atoms with Crippen molar-refractivity contribution in [2.45, 2.75) is 92.3 Å². The lowest BCUT2D eigenvalue weighted by atomic mass is 9.96. The molecule has 3 aliphatic rings. The third-order valence-electron chi connectivity index (χ3n) is 10.7. The summed E-state index contributed by atoms with van der Waals surface area (Å²) < 4.78 is 11.3. The van der Waals surface area contributed by atoms with Crippen LogP contribution in [-0.4, -0.2) is 93.2 Å². The molecule has 0 unspecified atom stereocenters. The quantitative estimate of drug-likeness (QED) is 0.0939. The van der Waals surface area contributed by atoms with Gasteiger partial charge in [-0.15, -0.1) is 0 Å². The molecule has 2 aromatic carbocycles. The van der Waals surface area contributed by atoms with E-state index < -0.39 is 5.97 Å². The van der Waals surface area contributed by atoms with Gasteiger partial charge in [0.25, 0.3) is 0 Å². The van der Waals surface area contributed by atoms with Crippen molar-refractivity contribution in [1.82, 2.24) is 24.8 Å². The molecule has 2 aromatic heterocycles. The Morgan fingerprint density at radius 3 is 1.70 bits per heavy atom. The number of carboxylic acids is 1. The molecule has 0 radical (unpaired) electrons. The lowest BCUT2D eigenvalue weighted by molar-refractivity contribution is -0.143. The Labute approximate surface area is 357 Å². The van der Waals surface area contributed by atoms with Gasteiger partial charge in [-0.1, -0.05) is 76.6 Å². The number of ketones is 2. The number of hydrogen-bond acceptors (Lipinski definition) is 15. The predicted molar refractivity (Wildman–Crippen MR) is 234 cm³/mol. The zero-order valence-electron chi connectivity index (χ0n) is 34.5. The molecule has 326 valence electrons. The second-order valence-electron chi connectivity index (χ2n) is 15.5. The predicted octanol–water partition coefficient (Wildman–Crippen LogP) is 5.48. The third-order valence-corrected chi connectivity index (χ3v) is 10.7. The van der Waals surface area contributed by atoms with Crippen LogP contribution in [-0.2, 0) is 46.9 Å². The minimum atomic E-state index is -0.693. The molecule has 1 fully saturated rings. The van der Waals surface area contributed by atoms with Gasteiger partial charge in [-0.05, 0) is 61.5 Å². The highest BCUT2D eigenvalue weighted by molar-refractivity contribution is 5.92. The Kier molecular flexibility index (Phi) is 16.5.